The van der Waals surface area contributed by atoms with Gasteiger partial charge in [-0.15, -0.1) is 0 Å². The molecule has 2 aromatic rings. The Morgan fingerprint density at radius 2 is 2.31 bits per heavy atom. The molecule has 1 heterocycles. The topological polar surface area (TPSA) is 71.8 Å². The highest BCUT2D eigenvalue weighted by Crippen LogP contribution is 2.17. The van der Waals surface area contributed by atoms with Crippen molar-refractivity contribution in [3.63, 3.8) is 0 Å². The molecule has 0 bridgehead atoms. The zero-order valence-corrected chi connectivity index (χ0v) is 7.16. The van der Waals surface area contributed by atoms with Crippen molar-refractivity contribution < 1.29 is 4.79 Å². The number of amides is 1. The minimum atomic E-state index is -0.417. The van der Waals surface area contributed by atoms with Gasteiger partial charge in [0.25, 0.3) is 0 Å². The number of aryl methyl sites for hydroxylation is 1. The van der Waals surface area contributed by atoms with Gasteiger partial charge in [0.1, 0.15) is 0 Å². The molecule has 0 spiro atoms. The molecule has 0 saturated carbocycles. The maximum absolute atomic E-state index is 10.9. The summed E-state index contributed by atoms with van der Waals surface area (Å²) in [5.74, 6) is -0.417. The quantitative estimate of drug-likeness (QED) is 0.677. The van der Waals surface area contributed by atoms with E-state index in [0.717, 1.165) is 16.5 Å². The second-order valence-corrected chi connectivity index (χ2v) is 2.99. The second kappa shape index (κ2) is 2.58. The van der Waals surface area contributed by atoms with Gasteiger partial charge in [-0.2, -0.15) is 5.10 Å². The van der Waals surface area contributed by atoms with E-state index in [1.807, 2.05) is 6.92 Å². The molecule has 3 N–H and O–H groups in total. The number of aromatic amines is 1. The summed E-state index contributed by atoms with van der Waals surface area (Å²) in [6.07, 6.45) is 1.73. The Morgan fingerprint density at radius 1 is 1.54 bits per heavy atom. The van der Waals surface area contributed by atoms with Crippen LogP contribution in [0.1, 0.15) is 15.9 Å². The van der Waals surface area contributed by atoms with Crippen LogP contribution >= 0.6 is 0 Å². The molecule has 13 heavy (non-hydrogen) atoms. The maximum Gasteiger partial charge on any atom is 0.248 e. The van der Waals surface area contributed by atoms with Crippen molar-refractivity contribution in [2.75, 3.05) is 0 Å². The van der Waals surface area contributed by atoms with Gasteiger partial charge in [0.15, 0.2) is 0 Å². The summed E-state index contributed by atoms with van der Waals surface area (Å²) in [5.41, 5.74) is 7.52. The smallest absolute Gasteiger partial charge is 0.248 e. The molecular weight excluding hydrogens is 166 g/mol. The van der Waals surface area contributed by atoms with Crippen LogP contribution in [0.5, 0.6) is 0 Å². The number of carbonyl (C=O) groups excluding carboxylic acids is 1. The third-order valence-corrected chi connectivity index (χ3v) is 2.05. The van der Waals surface area contributed by atoms with Crippen LogP contribution in [-0.2, 0) is 0 Å². The molecule has 4 heteroatoms. The SMILES string of the molecule is Cc1cc(C(N)=O)cc2[nH]ncc12. The molecule has 1 aromatic carbocycles. The highest BCUT2D eigenvalue weighted by atomic mass is 16.1. The predicted octanol–water partition coefficient (Wildman–Crippen LogP) is 0.970. The molecule has 1 amide bonds. The number of nitrogens with zero attached hydrogens (tertiary/aromatic N) is 1. The molecule has 0 unspecified atom stereocenters. The number of nitrogens with two attached hydrogens (primary N) is 1. The number of primary amides is 1. The van der Waals surface area contributed by atoms with E-state index in [0.29, 0.717) is 5.56 Å². The Hall–Kier alpha value is -1.84. The first-order chi connectivity index (χ1) is 6.18. The molecular formula is C9H9N3O. The van der Waals surface area contributed by atoms with E-state index in [4.69, 9.17) is 5.73 Å². The first-order valence-electron chi connectivity index (χ1n) is 3.92. The van der Waals surface area contributed by atoms with Crippen molar-refractivity contribution in [2.24, 2.45) is 5.73 Å². The number of H-pyrrole nitrogens is 1. The molecule has 0 radical (unpaired) electrons. The molecule has 0 fully saturated rings. The normalized spacial score (nSPS) is 10.5. The van der Waals surface area contributed by atoms with Crippen LogP contribution in [0.15, 0.2) is 18.3 Å². The van der Waals surface area contributed by atoms with Crippen molar-refractivity contribution in [2.45, 2.75) is 6.92 Å². The fourth-order valence-corrected chi connectivity index (χ4v) is 1.37. The number of aromatic nitrogens is 2. The van der Waals surface area contributed by atoms with Crippen molar-refractivity contribution in [3.05, 3.63) is 29.5 Å². The lowest BCUT2D eigenvalue weighted by Gasteiger charge is -1.98. The summed E-state index contributed by atoms with van der Waals surface area (Å²) in [4.78, 5) is 10.9. The summed E-state index contributed by atoms with van der Waals surface area (Å²) < 4.78 is 0. The molecule has 66 valence electrons. The van der Waals surface area contributed by atoms with Crippen molar-refractivity contribution in [3.8, 4) is 0 Å². The van der Waals surface area contributed by atoms with E-state index < -0.39 is 5.91 Å². The summed E-state index contributed by atoms with van der Waals surface area (Å²) in [6.45, 7) is 1.92. The Kier molecular flexibility index (Phi) is 1.55. The average Bonchev–Trinajstić information content (AvgIpc) is 2.51. The first kappa shape index (κ1) is 7.79. The van der Waals surface area contributed by atoms with Gasteiger partial charge < -0.3 is 5.73 Å². The molecule has 4 nitrogen and oxygen atoms in total. The zero-order valence-electron chi connectivity index (χ0n) is 7.16. The van der Waals surface area contributed by atoms with Gasteiger partial charge in [-0.3, -0.25) is 9.89 Å². The number of hydrogen-bond acceptors (Lipinski definition) is 2. The second-order valence-electron chi connectivity index (χ2n) is 2.99. The van der Waals surface area contributed by atoms with E-state index in [2.05, 4.69) is 10.2 Å². The van der Waals surface area contributed by atoms with Gasteiger partial charge in [0, 0.05) is 10.9 Å². The zero-order chi connectivity index (χ0) is 9.42. The minimum Gasteiger partial charge on any atom is -0.366 e. The maximum atomic E-state index is 10.9. The molecule has 0 aliphatic carbocycles. The highest BCUT2D eigenvalue weighted by molar-refractivity contribution is 5.97. The molecule has 0 saturated heterocycles. The van der Waals surface area contributed by atoms with E-state index in [1.165, 1.54) is 0 Å². The average molecular weight is 175 g/mol. The van der Waals surface area contributed by atoms with Crippen LogP contribution in [0.3, 0.4) is 0 Å². The van der Waals surface area contributed by atoms with E-state index >= 15 is 0 Å². The number of carbonyl (C=O) groups is 1. The van der Waals surface area contributed by atoms with E-state index in [1.54, 1.807) is 18.3 Å². The lowest BCUT2D eigenvalue weighted by molar-refractivity contribution is 0.100. The molecule has 0 aliphatic heterocycles. The minimum absolute atomic E-state index is 0.417. The molecule has 1 aromatic heterocycles. The van der Waals surface area contributed by atoms with Gasteiger partial charge in [0.2, 0.25) is 5.91 Å². The number of nitrogens with one attached hydrogen (secondary N) is 1. The predicted molar refractivity (Wildman–Crippen MR) is 49.3 cm³/mol. The summed E-state index contributed by atoms with van der Waals surface area (Å²) in [5, 5.41) is 7.70. The number of hydrogen-bond donors (Lipinski definition) is 2. The van der Waals surface area contributed by atoms with Crippen molar-refractivity contribution >= 4 is 16.8 Å². The highest BCUT2D eigenvalue weighted by Gasteiger charge is 2.05. The van der Waals surface area contributed by atoms with Crippen LogP contribution in [-0.4, -0.2) is 16.1 Å². The van der Waals surface area contributed by atoms with E-state index in [9.17, 15) is 4.79 Å². The van der Waals surface area contributed by atoms with Gasteiger partial charge in [-0.05, 0) is 24.6 Å². The van der Waals surface area contributed by atoms with Crippen LogP contribution in [0.25, 0.3) is 10.9 Å². The van der Waals surface area contributed by atoms with Crippen molar-refractivity contribution in [1.29, 1.82) is 0 Å². The Labute approximate surface area is 74.7 Å². The first-order valence-corrected chi connectivity index (χ1v) is 3.92. The fraction of sp³-hybridized carbons (Fsp3) is 0.111. The van der Waals surface area contributed by atoms with Gasteiger partial charge in [-0.1, -0.05) is 0 Å². The Balaban J connectivity index is 2.77. The van der Waals surface area contributed by atoms with Crippen molar-refractivity contribution in [1.82, 2.24) is 10.2 Å². The standard InChI is InChI=1S/C9H9N3O/c1-5-2-6(9(10)13)3-8-7(5)4-11-12-8/h2-4H,1H3,(H2,10,13)(H,11,12). The number of benzene rings is 1. The Morgan fingerprint density at radius 3 is 3.00 bits per heavy atom. The van der Waals surface area contributed by atoms with Gasteiger partial charge >= 0.3 is 0 Å². The number of fused-ring (bicyclic) bond motifs is 1. The lowest BCUT2D eigenvalue weighted by atomic mass is 10.1. The largest absolute Gasteiger partial charge is 0.366 e. The molecule has 0 aliphatic rings. The van der Waals surface area contributed by atoms with Crippen LogP contribution in [0.2, 0.25) is 0 Å². The van der Waals surface area contributed by atoms with Crippen LogP contribution in [0.4, 0.5) is 0 Å². The number of rotatable bonds is 1. The summed E-state index contributed by atoms with van der Waals surface area (Å²) >= 11 is 0. The molecule has 2 rings (SSSR count). The Bertz CT molecular complexity index is 473. The fourth-order valence-electron chi connectivity index (χ4n) is 1.37. The van der Waals surface area contributed by atoms with Crippen LogP contribution in [0, 0.1) is 6.92 Å². The molecule has 0 atom stereocenters. The van der Waals surface area contributed by atoms with Gasteiger partial charge in [-0.25, -0.2) is 0 Å². The monoisotopic (exact) mass is 175 g/mol. The third-order valence-electron chi connectivity index (χ3n) is 2.05. The summed E-state index contributed by atoms with van der Waals surface area (Å²) in [7, 11) is 0. The summed E-state index contributed by atoms with van der Waals surface area (Å²) in [6, 6.07) is 3.47. The third kappa shape index (κ3) is 1.16. The lowest BCUT2D eigenvalue weighted by Crippen LogP contribution is -2.10. The van der Waals surface area contributed by atoms with Crippen LogP contribution < -0.4 is 5.73 Å². The van der Waals surface area contributed by atoms with Gasteiger partial charge in [0.05, 0.1) is 11.7 Å². The van der Waals surface area contributed by atoms with E-state index in [-0.39, 0.29) is 0 Å².